The molecular formula is C16H30N4O. The quantitative estimate of drug-likeness (QED) is 0.612. The lowest BCUT2D eigenvalue weighted by Crippen LogP contribution is -2.33. The topological polar surface area (TPSA) is 75.0 Å². The largest absolute Gasteiger partial charge is 0.396 e. The first kappa shape index (κ1) is 17.5. The van der Waals surface area contributed by atoms with Crippen LogP contribution in [0.5, 0.6) is 0 Å². The molecule has 5 heteroatoms. The molecule has 5 nitrogen and oxygen atoms in total. The highest BCUT2D eigenvalue weighted by atomic mass is 16.2. The van der Waals surface area contributed by atoms with Gasteiger partial charge in [-0.25, -0.2) is 0 Å². The Labute approximate surface area is 128 Å². The van der Waals surface area contributed by atoms with E-state index in [0.717, 1.165) is 25.9 Å². The number of nitrogens with one attached hydrogen (secondary N) is 1. The maximum atomic E-state index is 12.5. The zero-order chi connectivity index (χ0) is 15.5. The van der Waals surface area contributed by atoms with Gasteiger partial charge in [0.25, 0.3) is 5.91 Å². The highest BCUT2D eigenvalue weighted by Gasteiger charge is 2.19. The number of hydrogen-bond donors (Lipinski definition) is 2. The number of carbonyl (C=O) groups excluding carboxylic acids is 1. The van der Waals surface area contributed by atoms with Gasteiger partial charge in [-0.3, -0.25) is 9.89 Å². The van der Waals surface area contributed by atoms with E-state index in [1.54, 1.807) is 0 Å². The van der Waals surface area contributed by atoms with Crippen LogP contribution in [0.1, 0.15) is 75.7 Å². The summed E-state index contributed by atoms with van der Waals surface area (Å²) in [7, 11) is 0. The number of amides is 1. The molecule has 1 rings (SSSR count). The first-order valence-corrected chi connectivity index (χ1v) is 8.28. The molecule has 0 unspecified atom stereocenters. The van der Waals surface area contributed by atoms with Crippen LogP contribution >= 0.6 is 0 Å². The van der Waals surface area contributed by atoms with E-state index in [9.17, 15) is 4.79 Å². The summed E-state index contributed by atoms with van der Waals surface area (Å²) in [4.78, 5) is 14.5. The van der Waals surface area contributed by atoms with Crippen molar-refractivity contribution in [3.63, 3.8) is 0 Å². The number of nitrogens with zero attached hydrogens (tertiary/aromatic N) is 2. The molecule has 0 saturated heterocycles. The predicted octanol–water partition coefficient (Wildman–Crippen LogP) is 3.59. The molecule has 3 N–H and O–H groups in total. The number of carbonyl (C=O) groups is 1. The van der Waals surface area contributed by atoms with E-state index in [4.69, 9.17) is 5.73 Å². The fraction of sp³-hybridized carbons (Fsp3) is 0.750. The number of unbranched alkanes of at least 4 members (excludes halogenated alkanes) is 6. The smallest absolute Gasteiger partial charge is 0.274 e. The fourth-order valence-corrected chi connectivity index (χ4v) is 2.40. The summed E-state index contributed by atoms with van der Waals surface area (Å²) >= 11 is 0. The summed E-state index contributed by atoms with van der Waals surface area (Å²) in [5.41, 5.74) is 6.66. The molecule has 1 heterocycles. The average molecular weight is 294 g/mol. The van der Waals surface area contributed by atoms with Crippen LogP contribution in [0, 0.1) is 0 Å². The summed E-state index contributed by atoms with van der Waals surface area (Å²) in [5.74, 6) is -0.0157. The second kappa shape index (κ2) is 10.2. The normalized spacial score (nSPS) is 10.8. The lowest BCUT2D eigenvalue weighted by Gasteiger charge is -2.22. The fourth-order valence-electron chi connectivity index (χ4n) is 2.40. The zero-order valence-electron chi connectivity index (χ0n) is 13.5. The van der Waals surface area contributed by atoms with Crippen molar-refractivity contribution in [3.05, 3.63) is 11.9 Å². The van der Waals surface area contributed by atoms with E-state index in [2.05, 4.69) is 24.0 Å². The maximum Gasteiger partial charge on any atom is 0.274 e. The van der Waals surface area contributed by atoms with Crippen molar-refractivity contribution in [2.45, 2.75) is 65.2 Å². The average Bonchev–Trinajstić information content (AvgIpc) is 2.91. The van der Waals surface area contributed by atoms with E-state index >= 15 is 0 Å². The van der Waals surface area contributed by atoms with Gasteiger partial charge < -0.3 is 10.6 Å². The van der Waals surface area contributed by atoms with Crippen molar-refractivity contribution in [1.82, 2.24) is 15.1 Å². The molecule has 0 fully saturated rings. The van der Waals surface area contributed by atoms with Gasteiger partial charge in [0.2, 0.25) is 0 Å². The Hall–Kier alpha value is -1.52. The Morgan fingerprint density at radius 2 is 1.67 bits per heavy atom. The molecule has 0 spiro atoms. The first-order valence-electron chi connectivity index (χ1n) is 8.28. The van der Waals surface area contributed by atoms with Crippen LogP contribution in [0.15, 0.2) is 6.20 Å². The Kier molecular flexibility index (Phi) is 8.55. The molecule has 0 aliphatic heterocycles. The summed E-state index contributed by atoms with van der Waals surface area (Å²) in [5, 5.41) is 6.57. The lowest BCUT2D eigenvalue weighted by molar-refractivity contribution is 0.0744. The third-order valence-electron chi connectivity index (χ3n) is 3.73. The number of aromatic amines is 1. The van der Waals surface area contributed by atoms with Gasteiger partial charge in [-0.15, -0.1) is 0 Å². The first-order chi connectivity index (χ1) is 10.2. The number of H-pyrrole nitrogens is 1. The van der Waals surface area contributed by atoms with Crippen LogP contribution in [0.3, 0.4) is 0 Å². The van der Waals surface area contributed by atoms with Crippen LogP contribution in [-0.4, -0.2) is 34.1 Å². The van der Waals surface area contributed by atoms with Crippen LogP contribution in [0.2, 0.25) is 0 Å². The van der Waals surface area contributed by atoms with E-state index in [0.29, 0.717) is 11.4 Å². The highest BCUT2D eigenvalue weighted by Crippen LogP contribution is 2.13. The number of nitrogen functional groups attached to an aromatic ring is 1. The molecule has 21 heavy (non-hydrogen) atoms. The molecule has 1 amide bonds. The molecule has 0 radical (unpaired) electrons. The Morgan fingerprint density at radius 1 is 1.10 bits per heavy atom. The molecule has 120 valence electrons. The minimum absolute atomic E-state index is 0.0157. The van der Waals surface area contributed by atoms with Crippen molar-refractivity contribution in [1.29, 1.82) is 0 Å². The van der Waals surface area contributed by atoms with Gasteiger partial charge in [-0.2, -0.15) is 5.10 Å². The predicted molar refractivity (Wildman–Crippen MR) is 87.2 cm³/mol. The summed E-state index contributed by atoms with van der Waals surface area (Å²) in [6.45, 7) is 6.00. The van der Waals surface area contributed by atoms with Crippen LogP contribution < -0.4 is 5.73 Å². The highest BCUT2D eigenvalue weighted by molar-refractivity contribution is 5.96. The van der Waals surface area contributed by atoms with Gasteiger partial charge in [0.15, 0.2) is 0 Å². The van der Waals surface area contributed by atoms with Crippen molar-refractivity contribution >= 4 is 11.6 Å². The second-order valence-electron chi connectivity index (χ2n) is 5.61. The number of nitrogens with two attached hydrogens (primary N) is 1. The van der Waals surface area contributed by atoms with Crippen LogP contribution in [0.4, 0.5) is 5.69 Å². The van der Waals surface area contributed by atoms with Crippen molar-refractivity contribution in [2.24, 2.45) is 0 Å². The molecule has 0 aromatic carbocycles. The monoisotopic (exact) mass is 294 g/mol. The van der Waals surface area contributed by atoms with Crippen molar-refractivity contribution in [3.8, 4) is 0 Å². The van der Waals surface area contributed by atoms with Crippen molar-refractivity contribution < 1.29 is 4.79 Å². The van der Waals surface area contributed by atoms with Gasteiger partial charge in [0.1, 0.15) is 5.69 Å². The number of anilines is 1. The van der Waals surface area contributed by atoms with Gasteiger partial charge in [-0.1, -0.05) is 52.4 Å². The van der Waals surface area contributed by atoms with E-state index in [1.807, 2.05) is 4.90 Å². The van der Waals surface area contributed by atoms with E-state index in [1.165, 1.54) is 44.7 Å². The lowest BCUT2D eigenvalue weighted by atomic mass is 10.1. The van der Waals surface area contributed by atoms with Gasteiger partial charge in [0.05, 0.1) is 11.9 Å². The van der Waals surface area contributed by atoms with E-state index in [-0.39, 0.29) is 5.91 Å². The minimum Gasteiger partial charge on any atom is -0.396 e. The molecule has 0 bridgehead atoms. The zero-order valence-corrected chi connectivity index (χ0v) is 13.5. The molecular weight excluding hydrogens is 264 g/mol. The summed E-state index contributed by atoms with van der Waals surface area (Å²) in [6, 6.07) is 0. The molecule has 1 aromatic rings. The van der Waals surface area contributed by atoms with Gasteiger partial charge >= 0.3 is 0 Å². The Balaban J connectivity index is 2.53. The third kappa shape index (κ3) is 6.19. The standard InChI is InChI=1S/C16H30N4O/c1-3-5-7-9-11-20(12-10-8-6-4-2)16(21)15-14(17)13-18-19-15/h13H,3-12,17H2,1-2H3,(H,18,19). The maximum absolute atomic E-state index is 12.5. The molecule has 1 aromatic heterocycles. The summed E-state index contributed by atoms with van der Waals surface area (Å²) < 4.78 is 0. The van der Waals surface area contributed by atoms with Crippen LogP contribution in [-0.2, 0) is 0 Å². The molecule has 0 aliphatic carbocycles. The SMILES string of the molecule is CCCCCCN(CCCCCC)C(=O)c1[nH]ncc1N. The van der Waals surface area contributed by atoms with E-state index < -0.39 is 0 Å². The third-order valence-corrected chi connectivity index (χ3v) is 3.73. The van der Waals surface area contributed by atoms with Gasteiger partial charge in [0, 0.05) is 13.1 Å². The number of rotatable bonds is 11. The molecule has 0 saturated carbocycles. The molecule has 0 atom stereocenters. The van der Waals surface area contributed by atoms with Crippen LogP contribution in [0.25, 0.3) is 0 Å². The second-order valence-corrected chi connectivity index (χ2v) is 5.61. The van der Waals surface area contributed by atoms with Crippen molar-refractivity contribution in [2.75, 3.05) is 18.8 Å². The Morgan fingerprint density at radius 3 is 2.10 bits per heavy atom. The Bertz CT molecular complexity index is 391. The van der Waals surface area contributed by atoms with Gasteiger partial charge in [-0.05, 0) is 12.8 Å². The number of hydrogen-bond acceptors (Lipinski definition) is 3. The summed E-state index contributed by atoms with van der Waals surface area (Å²) in [6.07, 6.45) is 10.8. The molecule has 0 aliphatic rings. The number of aromatic nitrogens is 2. The minimum atomic E-state index is -0.0157.